The van der Waals surface area contributed by atoms with E-state index < -0.39 is 11.4 Å². The van der Waals surface area contributed by atoms with Crippen LogP contribution in [0, 0.1) is 6.92 Å². The van der Waals surface area contributed by atoms with Gasteiger partial charge in [0, 0.05) is 18.2 Å². The molecule has 1 aromatic heterocycles. The van der Waals surface area contributed by atoms with Crippen molar-refractivity contribution in [3.8, 4) is 5.88 Å². The summed E-state index contributed by atoms with van der Waals surface area (Å²) in [4.78, 5) is 29.2. The number of Topliss-reactive ketones (excluding diaryl/α,β-unsaturated/α-hetero) is 1. The maximum atomic E-state index is 12.8. The van der Waals surface area contributed by atoms with Gasteiger partial charge < -0.3 is 9.47 Å². The molecule has 1 atom stereocenters. The number of pyridine rings is 1. The Labute approximate surface area is 137 Å². The fraction of sp³-hybridized carbons (Fsp3) is 0.500. The molecular weight excluding hydrogens is 294 g/mol. The highest BCUT2D eigenvalue weighted by Crippen LogP contribution is 2.38. The molecule has 0 saturated carbocycles. The smallest absolute Gasteiger partial charge is 0.306 e. The van der Waals surface area contributed by atoms with Gasteiger partial charge in [-0.15, -0.1) is 6.58 Å². The highest BCUT2D eigenvalue weighted by atomic mass is 16.5. The first-order chi connectivity index (χ1) is 10.8. The van der Waals surface area contributed by atoms with Crippen molar-refractivity contribution < 1.29 is 19.1 Å². The maximum absolute atomic E-state index is 12.8. The first-order valence-corrected chi connectivity index (χ1v) is 7.57. The first-order valence-electron chi connectivity index (χ1n) is 7.57. The summed E-state index contributed by atoms with van der Waals surface area (Å²) in [7, 11) is 2.86. The molecule has 1 aromatic rings. The summed E-state index contributed by atoms with van der Waals surface area (Å²) in [6.45, 7) is 9.38. The minimum atomic E-state index is -1.00. The topological polar surface area (TPSA) is 65.5 Å². The van der Waals surface area contributed by atoms with Crippen molar-refractivity contribution in [2.75, 3.05) is 14.2 Å². The molecule has 0 aliphatic rings. The summed E-state index contributed by atoms with van der Waals surface area (Å²) in [5.74, 6) is 0.0155. The average molecular weight is 319 g/mol. The monoisotopic (exact) mass is 319 g/mol. The number of allylic oxidation sites excluding steroid dienone is 1. The number of esters is 1. The van der Waals surface area contributed by atoms with E-state index in [9.17, 15) is 9.59 Å². The van der Waals surface area contributed by atoms with Crippen LogP contribution in [0.2, 0.25) is 0 Å². The summed E-state index contributed by atoms with van der Waals surface area (Å²) in [5.41, 5.74) is 1.21. The van der Waals surface area contributed by atoms with E-state index >= 15 is 0 Å². The Morgan fingerprint density at radius 2 is 1.91 bits per heavy atom. The Bertz CT molecular complexity index is 609. The van der Waals surface area contributed by atoms with Gasteiger partial charge in [-0.2, -0.15) is 0 Å². The van der Waals surface area contributed by atoms with E-state index in [0.717, 1.165) is 11.1 Å². The van der Waals surface area contributed by atoms with E-state index in [1.54, 1.807) is 19.1 Å². The number of methoxy groups -OCH3 is 2. The molecule has 0 radical (unpaired) electrons. The van der Waals surface area contributed by atoms with E-state index in [4.69, 9.17) is 9.47 Å². The van der Waals surface area contributed by atoms with Crippen molar-refractivity contribution in [1.29, 1.82) is 0 Å². The Morgan fingerprint density at radius 3 is 2.35 bits per heavy atom. The summed E-state index contributed by atoms with van der Waals surface area (Å²) in [6, 6.07) is 3.51. The third-order valence-corrected chi connectivity index (χ3v) is 3.92. The summed E-state index contributed by atoms with van der Waals surface area (Å²) >= 11 is 0. The van der Waals surface area contributed by atoms with Gasteiger partial charge in [0.2, 0.25) is 5.88 Å². The van der Waals surface area contributed by atoms with Crippen LogP contribution in [0.4, 0.5) is 0 Å². The number of carbonyl (C=O) groups excluding carboxylic acids is 2. The Morgan fingerprint density at radius 1 is 1.26 bits per heavy atom. The van der Waals surface area contributed by atoms with Gasteiger partial charge in [0.15, 0.2) is 0 Å². The van der Waals surface area contributed by atoms with Gasteiger partial charge in [0.25, 0.3) is 0 Å². The van der Waals surface area contributed by atoms with E-state index in [0.29, 0.717) is 24.4 Å². The van der Waals surface area contributed by atoms with Crippen LogP contribution < -0.4 is 4.74 Å². The molecule has 0 amide bonds. The van der Waals surface area contributed by atoms with Crippen molar-refractivity contribution in [3.63, 3.8) is 0 Å². The number of hydrogen-bond donors (Lipinski definition) is 0. The number of ketones is 1. The fourth-order valence-corrected chi connectivity index (χ4v) is 2.93. The van der Waals surface area contributed by atoms with Gasteiger partial charge in [0.1, 0.15) is 5.78 Å². The molecule has 0 unspecified atom stereocenters. The van der Waals surface area contributed by atoms with E-state index in [1.807, 2.05) is 13.8 Å². The molecule has 0 bridgehead atoms. The van der Waals surface area contributed by atoms with Gasteiger partial charge >= 0.3 is 5.97 Å². The predicted molar refractivity (Wildman–Crippen MR) is 88.6 cm³/mol. The lowest BCUT2D eigenvalue weighted by molar-refractivity contribution is -0.144. The van der Waals surface area contributed by atoms with E-state index in [-0.39, 0.29) is 12.2 Å². The second-order valence-corrected chi connectivity index (χ2v) is 5.73. The molecule has 0 aliphatic carbocycles. The second-order valence-electron chi connectivity index (χ2n) is 5.73. The molecule has 0 N–H and O–H groups in total. The number of rotatable bonds is 8. The Balaban J connectivity index is 3.55. The van der Waals surface area contributed by atoms with Crippen LogP contribution in [-0.2, 0) is 19.7 Å². The summed E-state index contributed by atoms with van der Waals surface area (Å²) in [6.07, 6.45) is 0.664. The predicted octanol–water partition coefficient (Wildman–Crippen LogP) is 3.14. The largest absolute Gasteiger partial charge is 0.481 e. The van der Waals surface area contributed by atoms with Crippen molar-refractivity contribution in [1.82, 2.24) is 4.98 Å². The second kappa shape index (κ2) is 7.90. The average Bonchev–Trinajstić information content (AvgIpc) is 2.52. The van der Waals surface area contributed by atoms with Crippen LogP contribution in [0.25, 0.3) is 0 Å². The molecule has 0 aliphatic heterocycles. The zero-order chi connectivity index (χ0) is 17.6. The van der Waals surface area contributed by atoms with Crippen molar-refractivity contribution in [3.05, 3.63) is 35.5 Å². The summed E-state index contributed by atoms with van der Waals surface area (Å²) < 4.78 is 9.95. The number of ether oxygens (including phenoxy) is 2. The quantitative estimate of drug-likeness (QED) is 0.544. The molecule has 0 aromatic carbocycles. The third-order valence-electron chi connectivity index (χ3n) is 3.92. The lowest BCUT2D eigenvalue weighted by Gasteiger charge is -2.33. The Kier molecular flexibility index (Phi) is 6.49. The normalized spacial score (nSPS) is 13.1. The molecule has 0 fully saturated rings. The van der Waals surface area contributed by atoms with Gasteiger partial charge in [-0.1, -0.05) is 18.6 Å². The molecular formula is C18H25NO4. The maximum Gasteiger partial charge on any atom is 0.306 e. The zero-order valence-electron chi connectivity index (χ0n) is 14.6. The molecule has 0 spiro atoms. The molecule has 1 rings (SSSR count). The number of aryl methyl sites for hydroxylation is 1. The highest BCUT2D eigenvalue weighted by Gasteiger charge is 2.42. The molecule has 5 nitrogen and oxygen atoms in total. The minimum absolute atomic E-state index is 0.0269. The van der Waals surface area contributed by atoms with E-state index in [1.165, 1.54) is 14.2 Å². The lowest BCUT2D eigenvalue weighted by Crippen LogP contribution is -2.39. The van der Waals surface area contributed by atoms with Crippen LogP contribution in [0.3, 0.4) is 0 Å². The van der Waals surface area contributed by atoms with E-state index in [2.05, 4.69) is 11.6 Å². The van der Waals surface area contributed by atoms with Crippen LogP contribution in [-0.4, -0.2) is 31.0 Å². The van der Waals surface area contributed by atoms with Crippen LogP contribution in [0.5, 0.6) is 5.88 Å². The number of carbonyl (C=O) groups is 2. The Hall–Kier alpha value is -2.17. The van der Waals surface area contributed by atoms with Crippen molar-refractivity contribution in [2.45, 2.75) is 45.4 Å². The summed E-state index contributed by atoms with van der Waals surface area (Å²) in [5, 5.41) is 0. The van der Waals surface area contributed by atoms with Crippen LogP contribution >= 0.6 is 0 Å². The molecule has 126 valence electrons. The highest BCUT2D eigenvalue weighted by molar-refractivity contribution is 5.94. The number of nitrogens with zero attached hydrogens (tertiary/aromatic N) is 1. The van der Waals surface area contributed by atoms with Crippen LogP contribution in [0.1, 0.15) is 44.4 Å². The van der Waals surface area contributed by atoms with Gasteiger partial charge in [-0.3, -0.25) is 9.59 Å². The third kappa shape index (κ3) is 4.18. The lowest BCUT2D eigenvalue weighted by atomic mass is 9.69. The fourth-order valence-electron chi connectivity index (χ4n) is 2.93. The van der Waals surface area contributed by atoms with Gasteiger partial charge in [-0.25, -0.2) is 4.98 Å². The van der Waals surface area contributed by atoms with Crippen LogP contribution in [0.15, 0.2) is 24.3 Å². The number of hydrogen-bond acceptors (Lipinski definition) is 5. The van der Waals surface area contributed by atoms with Crippen molar-refractivity contribution >= 4 is 11.8 Å². The van der Waals surface area contributed by atoms with Crippen molar-refractivity contribution in [2.24, 2.45) is 0 Å². The standard InChI is InChI=1S/C18H25NO4/c1-7-15(20)18(10-12(2)3,11-17(21)23-6)14-8-9-16(22-5)19-13(14)4/h8-9H,2,7,10-11H2,1,3-6H3/t18-/m0/s1. The first kappa shape index (κ1) is 18.9. The SMILES string of the molecule is C=C(C)C[C@@](CC(=O)OC)(C(=O)CC)c1ccc(OC)nc1C. The number of aromatic nitrogens is 1. The molecule has 23 heavy (non-hydrogen) atoms. The zero-order valence-corrected chi connectivity index (χ0v) is 14.6. The van der Waals surface area contributed by atoms with Gasteiger partial charge in [0.05, 0.1) is 26.1 Å². The van der Waals surface area contributed by atoms with Gasteiger partial charge in [-0.05, 0) is 25.8 Å². The molecule has 1 heterocycles. The molecule has 5 heteroatoms. The molecule has 0 saturated heterocycles. The minimum Gasteiger partial charge on any atom is -0.481 e.